The molecule has 2 saturated heterocycles. The summed E-state index contributed by atoms with van der Waals surface area (Å²) >= 11 is 1.58. The molecule has 2 aliphatic heterocycles. The lowest BCUT2D eigenvalue weighted by atomic mass is 10.0. The molecule has 3 amide bonds. The number of rotatable bonds is 3. The van der Waals surface area contributed by atoms with Gasteiger partial charge < -0.3 is 15.5 Å². The Morgan fingerprint density at radius 1 is 1.52 bits per heavy atom. The van der Waals surface area contributed by atoms with Crippen molar-refractivity contribution in [1.29, 1.82) is 0 Å². The molecular formula is C14H17N3O3S. The van der Waals surface area contributed by atoms with Gasteiger partial charge in [0.15, 0.2) is 0 Å². The number of hydrogen-bond acceptors (Lipinski definition) is 4. The first kappa shape index (κ1) is 14.1. The fourth-order valence-corrected chi connectivity index (χ4v) is 3.82. The first-order chi connectivity index (χ1) is 10.1. The Morgan fingerprint density at radius 2 is 2.33 bits per heavy atom. The molecule has 0 aromatic carbocycles. The van der Waals surface area contributed by atoms with Crippen molar-refractivity contribution in [3.05, 3.63) is 22.4 Å². The van der Waals surface area contributed by atoms with Crippen LogP contribution in [0.1, 0.15) is 18.2 Å². The average molecular weight is 307 g/mol. The second-order valence-corrected chi connectivity index (χ2v) is 6.45. The molecule has 3 heterocycles. The summed E-state index contributed by atoms with van der Waals surface area (Å²) in [5, 5.41) is 7.52. The molecule has 1 aromatic rings. The molecule has 1 aromatic heterocycles. The fraction of sp³-hybridized carbons (Fsp3) is 0.500. The fourth-order valence-electron chi connectivity index (χ4n) is 3.06. The van der Waals surface area contributed by atoms with E-state index < -0.39 is 12.1 Å². The maximum atomic E-state index is 12.5. The third kappa shape index (κ3) is 2.65. The molecule has 2 aliphatic rings. The summed E-state index contributed by atoms with van der Waals surface area (Å²) in [7, 11) is 0. The average Bonchev–Trinajstić information content (AvgIpc) is 3.05. The Hall–Kier alpha value is -1.89. The first-order valence-corrected chi connectivity index (χ1v) is 7.84. The number of thiophene rings is 1. The van der Waals surface area contributed by atoms with Crippen molar-refractivity contribution in [2.45, 2.75) is 37.9 Å². The smallest absolute Gasteiger partial charge is 0.246 e. The summed E-state index contributed by atoms with van der Waals surface area (Å²) in [6.45, 7) is 1.94. The Morgan fingerprint density at radius 3 is 3.00 bits per heavy atom. The molecule has 0 radical (unpaired) electrons. The molecule has 2 fully saturated rings. The largest absolute Gasteiger partial charge is 0.351 e. The van der Waals surface area contributed by atoms with E-state index in [9.17, 15) is 14.4 Å². The van der Waals surface area contributed by atoms with Crippen molar-refractivity contribution < 1.29 is 14.4 Å². The van der Waals surface area contributed by atoms with E-state index in [1.54, 1.807) is 16.2 Å². The number of nitrogens with zero attached hydrogens (tertiary/aromatic N) is 1. The lowest BCUT2D eigenvalue weighted by Gasteiger charge is -2.36. The van der Waals surface area contributed by atoms with Gasteiger partial charge in [0.1, 0.15) is 12.1 Å². The molecule has 112 valence electrons. The Balaban J connectivity index is 1.74. The minimum atomic E-state index is -0.569. The maximum absolute atomic E-state index is 12.5. The Kier molecular flexibility index (Phi) is 3.67. The van der Waals surface area contributed by atoms with Gasteiger partial charge in [-0.2, -0.15) is 0 Å². The lowest BCUT2D eigenvalue weighted by molar-refractivity contribution is -0.147. The summed E-state index contributed by atoms with van der Waals surface area (Å²) < 4.78 is 0. The Bertz CT molecular complexity index is 572. The summed E-state index contributed by atoms with van der Waals surface area (Å²) in [5.74, 6) is -0.406. The SMILES string of the molecule is CC(=O)NC1CCN2C(=O)C(Cc3cccs3)NC(=O)C12. The van der Waals surface area contributed by atoms with Crippen LogP contribution in [-0.4, -0.2) is 47.3 Å². The number of carbonyl (C=O) groups excluding carboxylic acids is 3. The van der Waals surface area contributed by atoms with E-state index in [2.05, 4.69) is 10.6 Å². The van der Waals surface area contributed by atoms with Crippen LogP contribution in [0.25, 0.3) is 0 Å². The normalized spacial score (nSPS) is 28.2. The summed E-state index contributed by atoms with van der Waals surface area (Å²) in [6.07, 6.45) is 1.14. The van der Waals surface area contributed by atoms with Gasteiger partial charge in [0.2, 0.25) is 17.7 Å². The van der Waals surface area contributed by atoms with Crippen molar-refractivity contribution in [3.8, 4) is 0 Å². The van der Waals surface area contributed by atoms with Crippen molar-refractivity contribution in [1.82, 2.24) is 15.5 Å². The minimum Gasteiger partial charge on any atom is -0.351 e. The monoisotopic (exact) mass is 307 g/mol. The molecule has 2 N–H and O–H groups in total. The lowest BCUT2D eigenvalue weighted by Crippen LogP contribution is -2.65. The van der Waals surface area contributed by atoms with Crippen molar-refractivity contribution >= 4 is 29.1 Å². The predicted octanol–water partition coefficient (Wildman–Crippen LogP) is -0.105. The van der Waals surface area contributed by atoms with Gasteiger partial charge in [-0.3, -0.25) is 14.4 Å². The number of nitrogens with one attached hydrogen (secondary N) is 2. The first-order valence-electron chi connectivity index (χ1n) is 6.96. The Labute approximate surface area is 126 Å². The predicted molar refractivity (Wildman–Crippen MR) is 77.7 cm³/mol. The molecular weight excluding hydrogens is 290 g/mol. The van der Waals surface area contributed by atoms with E-state index in [4.69, 9.17) is 0 Å². The molecule has 21 heavy (non-hydrogen) atoms. The van der Waals surface area contributed by atoms with E-state index in [1.165, 1.54) is 6.92 Å². The van der Waals surface area contributed by atoms with Gasteiger partial charge in [0.05, 0.1) is 6.04 Å². The van der Waals surface area contributed by atoms with Gasteiger partial charge >= 0.3 is 0 Å². The molecule has 3 atom stereocenters. The highest BCUT2D eigenvalue weighted by atomic mass is 32.1. The number of hydrogen-bond donors (Lipinski definition) is 2. The van der Waals surface area contributed by atoms with E-state index >= 15 is 0 Å². The molecule has 0 spiro atoms. The molecule has 3 unspecified atom stereocenters. The van der Waals surface area contributed by atoms with Crippen LogP contribution in [0.4, 0.5) is 0 Å². The number of fused-ring (bicyclic) bond motifs is 1. The van der Waals surface area contributed by atoms with Gasteiger partial charge in [0, 0.05) is 24.8 Å². The summed E-state index contributed by atoms with van der Waals surface area (Å²) in [4.78, 5) is 38.7. The third-order valence-electron chi connectivity index (χ3n) is 3.94. The van der Waals surface area contributed by atoms with Crippen LogP contribution >= 0.6 is 11.3 Å². The van der Waals surface area contributed by atoms with Gasteiger partial charge in [-0.1, -0.05) is 6.07 Å². The van der Waals surface area contributed by atoms with Gasteiger partial charge in [-0.05, 0) is 17.9 Å². The highest BCUT2D eigenvalue weighted by molar-refractivity contribution is 7.09. The van der Waals surface area contributed by atoms with E-state index in [0.717, 1.165) is 4.88 Å². The van der Waals surface area contributed by atoms with Gasteiger partial charge in [0.25, 0.3) is 0 Å². The minimum absolute atomic E-state index is 0.0548. The van der Waals surface area contributed by atoms with Crippen LogP contribution in [0.15, 0.2) is 17.5 Å². The second kappa shape index (κ2) is 5.48. The quantitative estimate of drug-likeness (QED) is 0.818. The van der Waals surface area contributed by atoms with Crippen LogP contribution in [-0.2, 0) is 20.8 Å². The topological polar surface area (TPSA) is 78.5 Å². The number of carbonyl (C=O) groups is 3. The van der Waals surface area contributed by atoms with Crippen LogP contribution in [0.3, 0.4) is 0 Å². The second-order valence-electron chi connectivity index (χ2n) is 5.42. The third-order valence-corrected chi connectivity index (χ3v) is 4.84. The molecule has 0 bridgehead atoms. The zero-order valence-electron chi connectivity index (χ0n) is 11.7. The maximum Gasteiger partial charge on any atom is 0.246 e. The van der Waals surface area contributed by atoms with Gasteiger partial charge in [-0.15, -0.1) is 11.3 Å². The van der Waals surface area contributed by atoms with E-state index in [1.807, 2.05) is 17.5 Å². The number of amides is 3. The molecule has 0 aliphatic carbocycles. The molecule has 7 heteroatoms. The van der Waals surface area contributed by atoms with E-state index in [-0.39, 0.29) is 23.8 Å². The number of piperazine rings is 1. The van der Waals surface area contributed by atoms with E-state index in [0.29, 0.717) is 19.4 Å². The van der Waals surface area contributed by atoms with Crippen molar-refractivity contribution in [2.24, 2.45) is 0 Å². The van der Waals surface area contributed by atoms with Crippen LogP contribution in [0.2, 0.25) is 0 Å². The highest BCUT2D eigenvalue weighted by Gasteiger charge is 2.48. The zero-order valence-corrected chi connectivity index (χ0v) is 12.5. The van der Waals surface area contributed by atoms with Crippen molar-refractivity contribution in [2.75, 3.05) is 6.54 Å². The molecule has 0 saturated carbocycles. The summed E-state index contributed by atoms with van der Waals surface area (Å²) in [6, 6.07) is 2.54. The van der Waals surface area contributed by atoms with Gasteiger partial charge in [-0.25, -0.2) is 0 Å². The van der Waals surface area contributed by atoms with Crippen molar-refractivity contribution in [3.63, 3.8) is 0 Å². The van der Waals surface area contributed by atoms with Crippen LogP contribution in [0, 0.1) is 0 Å². The van der Waals surface area contributed by atoms with Crippen LogP contribution in [0.5, 0.6) is 0 Å². The molecule has 3 rings (SSSR count). The zero-order chi connectivity index (χ0) is 15.0. The molecule has 6 nitrogen and oxygen atoms in total. The van der Waals surface area contributed by atoms with Crippen LogP contribution < -0.4 is 10.6 Å². The summed E-state index contributed by atoms with van der Waals surface area (Å²) in [5.41, 5.74) is 0. The highest BCUT2D eigenvalue weighted by Crippen LogP contribution is 2.24. The standard InChI is InChI=1S/C14H17N3O3S/c1-8(18)15-10-4-5-17-12(10)13(19)16-11(14(17)20)7-9-3-2-6-21-9/h2-3,6,10-12H,4-5,7H2,1H3,(H,15,18)(H,16,19).